The van der Waals surface area contributed by atoms with Gasteiger partial charge in [-0.15, -0.1) is 0 Å². The molecule has 0 fully saturated rings. The zero-order chi connectivity index (χ0) is 50.7. The molecule has 0 aromatic heterocycles. The smallest absolute Gasteiger partial charge is 0.306 e. The van der Waals surface area contributed by atoms with Crippen molar-refractivity contribution in [2.45, 2.75) is 303 Å². The minimum absolute atomic E-state index is 0.0761. The van der Waals surface area contributed by atoms with Crippen LogP contribution in [0.4, 0.5) is 0 Å². The molecule has 6 heteroatoms. The molecule has 1 atom stereocenters. The average molecular weight is 978 g/mol. The number of esters is 3. The predicted molar refractivity (Wildman–Crippen MR) is 302 cm³/mol. The molecule has 0 heterocycles. The van der Waals surface area contributed by atoms with E-state index in [0.29, 0.717) is 19.3 Å². The lowest BCUT2D eigenvalue weighted by Crippen LogP contribution is -2.30. The summed E-state index contributed by atoms with van der Waals surface area (Å²) in [5.74, 6) is -0.883. The summed E-state index contributed by atoms with van der Waals surface area (Å²) < 4.78 is 16.8. The highest BCUT2D eigenvalue weighted by Gasteiger charge is 2.19. The number of allylic oxidation sites excluding steroid dienone is 12. The molecule has 6 nitrogen and oxygen atoms in total. The Bertz CT molecular complexity index is 1310. The minimum Gasteiger partial charge on any atom is -0.462 e. The van der Waals surface area contributed by atoms with Gasteiger partial charge >= 0.3 is 17.9 Å². The van der Waals surface area contributed by atoms with E-state index in [1.54, 1.807) is 0 Å². The third-order valence-electron chi connectivity index (χ3n) is 12.9. The largest absolute Gasteiger partial charge is 0.462 e. The van der Waals surface area contributed by atoms with Crippen LogP contribution in [0.25, 0.3) is 0 Å². The molecule has 0 saturated carbocycles. The normalized spacial score (nSPS) is 12.6. The van der Waals surface area contributed by atoms with Crippen LogP contribution in [0.15, 0.2) is 72.9 Å². The van der Waals surface area contributed by atoms with E-state index in [1.165, 1.54) is 161 Å². The Balaban J connectivity index is 4.10. The second-order valence-electron chi connectivity index (χ2n) is 19.9. The quantitative estimate of drug-likeness (QED) is 0.0261. The lowest BCUT2D eigenvalue weighted by atomic mass is 10.0. The highest BCUT2D eigenvalue weighted by atomic mass is 16.6. The second kappa shape index (κ2) is 58.4. The molecule has 0 radical (unpaired) electrons. The van der Waals surface area contributed by atoms with Crippen molar-refractivity contribution in [2.75, 3.05) is 13.2 Å². The third kappa shape index (κ3) is 55.8. The molecular weight excluding hydrogens is 865 g/mol. The number of carbonyl (C=O) groups is 3. The van der Waals surface area contributed by atoms with Crippen molar-refractivity contribution in [1.82, 2.24) is 0 Å². The van der Waals surface area contributed by atoms with Crippen LogP contribution in [0.1, 0.15) is 297 Å². The van der Waals surface area contributed by atoms with Crippen LogP contribution in [0, 0.1) is 0 Å². The first-order valence-corrected chi connectivity index (χ1v) is 29.9. The first-order valence-electron chi connectivity index (χ1n) is 29.9. The zero-order valence-electron chi connectivity index (χ0n) is 46.3. The van der Waals surface area contributed by atoms with Gasteiger partial charge in [0.25, 0.3) is 0 Å². The lowest BCUT2D eigenvalue weighted by Gasteiger charge is -2.18. The molecule has 0 bridgehead atoms. The van der Waals surface area contributed by atoms with E-state index in [4.69, 9.17) is 14.2 Å². The second-order valence-corrected chi connectivity index (χ2v) is 19.9. The minimum atomic E-state index is -0.775. The molecule has 0 rings (SSSR count). The van der Waals surface area contributed by atoms with Gasteiger partial charge in [0.2, 0.25) is 0 Å². The predicted octanol–water partition coefficient (Wildman–Crippen LogP) is 20.2. The van der Waals surface area contributed by atoms with Crippen LogP contribution in [0.3, 0.4) is 0 Å². The fraction of sp³-hybridized carbons (Fsp3) is 0.766. The van der Waals surface area contributed by atoms with Gasteiger partial charge in [-0.2, -0.15) is 0 Å². The van der Waals surface area contributed by atoms with Gasteiger partial charge in [-0.05, 0) is 89.9 Å². The van der Waals surface area contributed by atoms with Crippen molar-refractivity contribution in [1.29, 1.82) is 0 Å². The maximum atomic E-state index is 12.8. The fourth-order valence-corrected chi connectivity index (χ4v) is 8.47. The molecule has 0 N–H and O–H groups in total. The van der Waals surface area contributed by atoms with Crippen molar-refractivity contribution in [2.24, 2.45) is 0 Å². The molecule has 0 spiro atoms. The summed E-state index contributed by atoms with van der Waals surface area (Å²) in [7, 11) is 0. The Hall–Kier alpha value is -3.15. The average Bonchev–Trinajstić information content (AvgIpc) is 3.36. The van der Waals surface area contributed by atoms with Gasteiger partial charge in [-0.1, -0.05) is 261 Å². The monoisotopic (exact) mass is 977 g/mol. The number of rotatable bonds is 54. The van der Waals surface area contributed by atoms with Crippen LogP contribution < -0.4 is 0 Å². The Morgan fingerprint density at radius 3 is 0.886 bits per heavy atom. The Morgan fingerprint density at radius 2 is 0.557 bits per heavy atom. The molecule has 404 valence electrons. The van der Waals surface area contributed by atoms with E-state index in [1.807, 2.05) is 0 Å². The van der Waals surface area contributed by atoms with Gasteiger partial charge in [0, 0.05) is 19.3 Å². The van der Waals surface area contributed by atoms with Crippen LogP contribution in [0.5, 0.6) is 0 Å². The summed E-state index contributed by atoms with van der Waals surface area (Å²) in [6.45, 7) is 6.49. The van der Waals surface area contributed by atoms with E-state index >= 15 is 0 Å². The van der Waals surface area contributed by atoms with E-state index in [2.05, 4.69) is 93.7 Å². The van der Waals surface area contributed by atoms with Gasteiger partial charge in [-0.3, -0.25) is 14.4 Å². The number of ether oxygens (including phenoxy) is 3. The SMILES string of the molecule is CC/C=C\C/C=C\C/C=C\C/C=C\C/C=C\CCCCCCCCCCCCCCCC(=O)OCC(COC(=O)CCCCCCCCC)OC(=O)CCCCCCC/C=C\CCCCCCCCC. The van der Waals surface area contributed by atoms with Crippen LogP contribution in [-0.2, 0) is 28.6 Å². The molecule has 0 aliphatic carbocycles. The zero-order valence-corrected chi connectivity index (χ0v) is 46.3. The molecule has 0 aromatic rings. The summed E-state index contributed by atoms with van der Waals surface area (Å²) in [4.78, 5) is 38.0. The third-order valence-corrected chi connectivity index (χ3v) is 12.9. The molecule has 1 unspecified atom stereocenters. The summed E-state index contributed by atoms with van der Waals surface area (Å²) in [6, 6.07) is 0. The van der Waals surface area contributed by atoms with E-state index < -0.39 is 6.10 Å². The highest BCUT2D eigenvalue weighted by molar-refractivity contribution is 5.71. The maximum absolute atomic E-state index is 12.8. The van der Waals surface area contributed by atoms with Gasteiger partial charge in [0.1, 0.15) is 13.2 Å². The first kappa shape index (κ1) is 66.9. The first-order chi connectivity index (χ1) is 34.5. The van der Waals surface area contributed by atoms with E-state index in [-0.39, 0.29) is 31.1 Å². The molecule has 0 saturated heterocycles. The van der Waals surface area contributed by atoms with Crippen molar-refractivity contribution < 1.29 is 28.6 Å². The van der Waals surface area contributed by atoms with Crippen molar-refractivity contribution in [3.8, 4) is 0 Å². The number of hydrogen-bond acceptors (Lipinski definition) is 6. The van der Waals surface area contributed by atoms with Crippen molar-refractivity contribution in [3.05, 3.63) is 72.9 Å². The van der Waals surface area contributed by atoms with Crippen molar-refractivity contribution >= 4 is 17.9 Å². The Morgan fingerprint density at radius 1 is 0.300 bits per heavy atom. The highest BCUT2D eigenvalue weighted by Crippen LogP contribution is 2.16. The fourth-order valence-electron chi connectivity index (χ4n) is 8.47. The van der Waals surface area contributed by atoms with E-state index in [9.17, 15) is 14.4 Å². The number of hydrogen-bond donors (Lipinski definition) is 0. The number of unbranched alkanes of at least 4 members (excludes halogenated alkanes) is 31. The number of carbonyl (C=O) groups excluding carboxylic acids is 3. The molecule has 0 aliphatic heterocycles. The molecule has 0 aliphatic rings. The standard InChI is InChI=1S/C64H112O6/c1-4-7-10-13-16-18-20-22-24-26-27-28-29-30-31-32-33-34-35-36-37-38-40-41-43-45-48-51-54-57-63(66)69-60-61(59-68-62(65)56-53-50-47-15-12-9-6-3)70-64(67)58-55-52-49-46-44-42-39-25-23-21-19-17-14-11-8-5-2/h7,10,16,18,22,24-25,27-28,30-31,39,61H,4-6,8-9,11-15,17,19-21,23,26,29,32-38,40-60H2,1-3H3/b10-7-,18-16-,24-22-,28-27-,31-30-,39-25-. The van der Waals surface area contributed by atoms with Crippen molar-refractivity contribution in [3.63, 3.8) is 0 Å². The van der Waals surface area contributed by atoms with Gasteiger partial charge < -0.3 is 14.2 Å². The van der Waals surface area contributed by atoms with Gasteiger partial charge in [0.15, 0.2) is 6.10 Å². The van der Waals surface area contributed by atoms with E-state index in [0.717, 1.165) is 96.3 Å². The molecular formula is C64H112O6. The molecule has 0 aromatic carbocycles. The molecule has 70 heavy (non-hydrogen) atoms. The molecule has 0 amide bonds. The summed E-state index contributed by atoms with van der Waals surface area (Å²) in [6.07, 6.45) is 75.0. The van der Waals surface area contributed by atoms with Crippen LogP contribution in [0.2, 0.25) is 0 Å². The van der Waals surface area contributed by atoms with Gasteiger partial charge in [-0.25, -0.2) is 0 Å². The van der Waals surface area contributed by atoms with Crippen LogP contribution >= 0.6 is 0 Å². The summed E-state index contributed by atoms with van der Waals surface area (Å²) >= 11 is 0. The summed E-state index contributed by atoms with van der Waals surface area (Å²) in [5, 5.41) is 0. The van der Waals surface area contributed by atoms with Gasteiger partial charge in [0.05, 0.1) is 0 Å². The van der Waals surface area contributed by atoms with Crippen LogP contribution in [-0.4, -0.2) is 37.2 Å². The maximum Gasteiger partial charge on any atom is 0.306 e. The topological polar surface area (TPSA) is 78.9 Å². The lowest BCUT2D eigenvalue weighted by molar-refractivity contribution is -0.167. The Labute approximate surface area is 433 Å². The summed E-state index contributed by atoms with van der Waals surface area (Å²) in [5.41, 5.74) is 0. The Kier molecular flexibility index (Phi) is 55.8.